The fraction of sp³-hybridized carbons (Fsp3) is 0.233. The van der Waals surface area contributed by atoms with E-state index in [9.17, 15) is 9.59 Å². The van der Waals surface area contributed by atoms with E-state index in [-0.39, 0.29) is 11.5 Å². The predicted molar refractivity (Wildman–Crippen MR) is 160 cm³/mol. The smallest absolute Gasteiger partial charge is 0.255 e. The van der Waals surface area contributed by atoms with Gasteiger partial charge in [0.1, 0.15) is 0 Å². The summed E-state index contributed by atoms with van der Waals surface area (Å²) in [5, 5.41) is 4.55. The summed E-state index contributed by atoms with van der Waals surface area (Å²) in [6.45, 7) is 6.55. The second-order valence-corrected chi connectivity index (χ2v) is 11.0. The highest BCUT2D eigenvalue weighted by molar-refractivity contribution is 7.22. The molecule has 2 aromatic heterocycles. The second kappa shape index (κ2) is 10.5. The Morgan fingerprint density at radius 2 is 1.82 bits per heavy atom. The van der Waals surface area contributed by atoms with Gasteiger partial charge in [0.2, 0.25) is 0 Å². The molecule has 0 aliphatic carbocycles. The molecule has 3 heterocycles. The van der Waals surface area contributed by atoms with Crippen molar-refractivity contribution in [2.75, 3.05) is 42.1 Å². The van der Waals surface area contributed by atoms with Gasteiger partial charge in [-0.15, -0.1) is 0 Å². The van der Waals surface area contributed by atoms with Crippen LogP contribution in [0.25, 0.3) is 21.1 Å². The Kier molecular flexibility index (Phi) is 6.76. The molecule has 0 atom stereocenters. The number of piperazine rings is 1. The number of hydrogen-bond donors (Lipinski definition) is 3. The summed E-state index contributed by atoms with van der Waals surface area (Å²) >= 11 is 1.40. The maximum absolute atomic E-state index is 12.8. The van der Waals surface area contributed by atoms with Crippen molar-refractivity contribution in [3.8, 4) is 0 Å². The Morgan fingerprint density at radius 3 is 2.59 bits per heavy atom. The highest BCUT2D eigenvalue weighted by Crippen LogP contribution is 2.27. The number of fused-ring (bicyclic) bond motifs is 2. The molecule has 8 nitrogen and oxygen atoms in total. The lowest BCUT2D eigenvalue weighted by Crippen LogP contribution is -2.45. The number of carbonyl (C=O) groups is 1. The number of aromatic amines is 1. The van der Waals surface area contributed by atoms with E-state index in [1.165, 1.54) is 16.9 Å². The van der Waals surface area contributed by atoms with E-state index in [0.717, 1.165) is 77.2 Å². The van der Waals surface area contributed by atoms with Crippen molar-refractivity contribution in [1.29, 1.82) is 0 Å². The summed E-state index contributed by atoms with van der Waals surface area (Å²) in [4.78, 5) is 37.1. The van der Waals surface area contributed by atoms with Gasteiger partial charge >= 0.3 is 0 Å². The minimum Gasteiger partial charge on any atom is -0.375 e. The van der Waals surface area contributed by atoms with Gasteiger partial charge in [0.15, 0.2) is 5.13 Å². The first-order valence-corrected chi connectivity index (χ1v) is 14.0. The third kappa shape index (κ3) is 5.36. The number of rotatable bonds is 6. The van der Waals surface area contributed by atoms with Gasteiger partial charge in [0, 0.05) is 60.7 Å². The first-order valence-electron chi connectivity index (χ1n) is 13.1. The van der Waals surface area contributed by atoms with Gasteiger partial charge in [0.05, 0.1) is 10.2 Å². The number of aromatic nitrogens is 2. The maximum atomic E-state index is 12.8. The lowest BCUT2D eigenvalue weighted by Gasteiger charge is -2.36. The summed E-state index contributed by atoms with van der Waals surface area (Å²) in [5.41, 5.74) is 12.0. The number of amides is 1. The largest absolute Gasteiger partial charge is 0.375 e. The molecule has 4 N–H and O–H groups in total. The number of H-pyrrole nitrogens is 1. The van der Waals surface area contributed by atoms with Crippen LogP contribution in [0.4, 0.5) is 16.5 Å². The second-order valence-electron chi connectivity index (χ2n) is 9.90. The number of thiazole rings is 1. The van der Waals surface area contributed by atoms with Crippen LogP contribution < -0.4 is 21.5 Å². The highest BCUT2D eigenvalue weighted by atomic mass is 32.1. The molecule has 6 rings (SSSR count). The molecular formula is C30H30N6O2S. The van der Waals surface area contributed by atoms with Crippen LogP contribution in [0.15, 0.2) is 71.5 Å². The Balaban J connectivity index is 1.05. The normalized spacial score (nSPS) is 14.2. The minimum absolute atomic E-state index is 0.00213. The minimum atomic E-state index is -0.147. The molecule has 198 valence electrons. The van der Waals surface area contributed by atoms with Gasteiger partial charge in [-0.05, 0) is 72.0 Å². The highest BCUT2D eigenvalue weighted by Gasteiger charge is 2.18. The maximum Gasteiger partial charge on any atom is 0.255 e. The molecule has 1 amide bonds. The molecule has 5 aromatic rings. The van der Waals surface area contributed by atoms with Crippen LogP contribution in [0.1, 0.15) is 28.4 Å². The molecule has 0 radical (unpaired) electrons. The SMILES string of the molecule is CCc1cc2ccc(CN3CCN(c4ccc(C(=O)Nc5ccc6nc(N)sc6c5)cc4)CC3)cc2[nH]c1=O. The van der Waals surface area contributed by atoms with Crippen molar-refractivity contribution in [3.63, 3.8) is 0 Å². The van der Waals surface area contributed by atoms with Crippen molar-refractivity contribution in [2.45, 2.75) is 19.9 Å². The molecule has 3 aromatic carbocycles. The van der Waals surface area contributed by atoms with Gasteiger partial charge in [-0.25, -0.2) is 4.98 Å². The number of nitrogens with zero attached hydrogens (tertiary/aromatic N) is 3. The summed E-state index contributed by atoms with van der Waals surface area (Å²) < 4.78 is 0.945. The summed E-state index contributed by atoms with van der Waals surface area (Å²) in [7, 11) is 0. The number of benzene rings is 3. The van der Waals surface area contributed by atoms with Crippen molar-refractivity contribution in [2.24, 2.45) is 0 Å². The van der Waals surface area contributed by atoms with E-state index in [0.29, 0.717) is 10.7 Å². The number of nitrogens with one attached hydrogen (secondary N) is 2. The zero-order chi connectivity index (χ0) is 26.9. The molecule has 9 heteroatoms. The number of pyridine rings is 1. The van der Waals surface area contributed by atoms with E-state index >= 15 is 0 Å². The van der Waals surface area contributed by atoms with E-state index < -0.39 is 0 Å². The van der Waals surface area contributed by atoms with Gasteiger partial charge in [-0.2, -0.15) is 0 Å². The molecule has 1 fully saturated rings. The first-order chi connectivity index (χ1) is 18.9. The van der Waals surface area contributed by atoms with E-state index in [1.54, 1.807) is 0 Å². The molecule has 1 aliphatic heterocycles. The van der Waals surface area contributed by atoms with E-state index in [2.05, 4.69) is 43.3 Å². The molecule has 1 aliphatic rings. The first kappa shape index (κ1) is 25.1. The molecular weight excluding hydrogens is 508 g/mol. The number of anilines is 3. The zero-order valence-corrected chi connectivity index (χ0v) is 22.6. The molecule has 39 heavy (non-hydrogen) atoms. The van der Waals surface area contributed by atoms with Crippen LogP contribution in [-0.4, -0.2) is 47.0 Å². The fourth-order valence-corrected chi connectivity index (χ4v) is 5.90. The molecule has 0 spiro atoms. The van der Waals surface area contributed by atoms with Crippen LogP contribution in [0.2, 0.25) is 0 Å². The van der Waals surface area contributed by atoms with Gasteiger partial charge in [0.25, 0.3) is 11.5 Å². The average molecular weight is 539 g/mol. The van der Waals surface area contributed by atoms with Crippen molar-refractivity contribution >= 4 is 54.9 Å². The third-order valence-electron chi connectivity index (χ3n) is 7.30. The fourth-order valence-electron chi connectivity index (χ4n) is 5.12. The Labute approximate surface area is 230 Å². The molecule has 0 unspecified atom stereocenters. The van der Waals surface area contributed by atoms with E-state index in [1.807, 2.05) is 55.5 Å². The quantitative estimate of drug-likeness (QED) is 0.285. The van der Waals surface area contributed by atoms with Crippen LogP contribution >= 0.6 is 11.3 Å². The van der Waals surface area contributed by atoms with Crippen molar-refractivity contribution in [3.05, 3.63) is 93.8 Å². The van der Waals surface area contributed by atoms with E-state index in [4.69, 9.17) is 5.73 Å². The van der Waals surface area contributed by atoms with Crippen LogP contribution in [0, 0.1) is 0 Å². The summed E-state index contributed by atoms with van der Waals surface area (Å²) in [6.07, 6.45) is 0.730. The number of nitrogens with two attached hydrogens (primary N) is 1. The topological polar surface area (TPSA) is 107 Å². The summed E-state index contributed by atoms with van der Waals surface area (Å²) in [5.74, 6) is -0.147. The average Bonchev–Trinajstić information content (AvgIpc) is 3.32. The number of nitrogen functional groups attached to an aromatic ring is 1. The third-order valence-corrected chi connectivity index (χ3v) is 8.15. The van der Waals surface area contributed by atoms with Crippen molar-refractivity contribution in [1.82, 2.24) is 14.9 Å². The lowest BCUT2D eigenvalue weighted by molar-refractivity contribution is 0.102. The number of aryl methyl sites for hydroxylation is 1. The summed E-state index contributed by atoms with van der Waals surface area (Å²) in [6, 6.07) is 21.7. The zero-order valence-electron chi connectivity index (χ0n) is 21.7. The van der Waals surface area contributed by atoms with Crippen LogP contribution in [0.3, 0.4) is 0 Å². The lowest BCUT2D eigenvalue weighted by atomic mass is 10.1. The Bertz CT molecular complexity index is 1720. The van der Waals surface area contributed by atoms with Gasteiger partial charge in [-0.1, -0.05) is 30.4 Å². The number of hydrogen-bond acceptors (Lipinski definition) is 7. The van der Waals surface area contributed by atoms with Crippen LogP contribution in [-0.2, 0) is 13.0 Å². The van der Waals surface area contributed by atoms with Gasteiger partial charge < -0.3 is 20.9 Å². The monoisotopic (exact) mass is 538 g/mol. The van der Waals surface area contributed by atoms with Crippen LogP contribution in [0.5, 0.6) is 0 Å². The standard InChI is InChI=1S/C30H30N6O2S/c1-2-20-16-22-4-3-19(15-26(22)33-28(20)37)18-35-11-13-36(14-12-35)24-8-5-21(6-9-24)29(38)32-23-7-10-25-27(17-23)39-30(31)34-25/h3-10,15-17H,2,11-14,18H2,1H3,(H2,31,34)(H,32,38)(H,33,37). The molecule has 1 saturated heterocycles. The van der Waals surface area contributed by atoms with Gasteiger partial charge in [-0.3, -0.25) is 14.5 Å². The molecule has 0 saturated carbocycles. The number of carbonyl (C=O) groups excluding carboxylic acids is 1. The Hall–Kier alpha value is -4.21. The predicted octanol–water partition coefficient (Wildman–Crippen LogP) is 4.86. The Morgan fingerprint density at radius 1 is 1.03 bits per heavy atom. The van der Waals surface area contributed by atoms with Crippen molar-refractivity contribution < 1.29 is 4.79 Å². The molecule has 0 bridgehead atoms.